The van der Waals surface area contributed by atoms with Gasteiger partial charge in [0, 0.05) is 5.69 Å². The Morgan fingerprint density at radius 3 is 2.42 bits per heavy atom. The molecule has 0 saturated carbocycles. The predicted octanol–water partition coefficient (Wildman–Crippen LogP) is 4.99. The van der Waals surface area contributed by atoms with Crippen LogP contribution in [0.2, 0.25) is 0 Å². The second kappa shape index (κ2) is 6.99. The van der Waals surface area contributed by atoms with Gasteiger partial charge in [-0.25, -0.2) is 0 Å². The van der Waals surface area contributed by atoms with E-state index < -0.39 is 11.7 Å². The number of benzene rings is 2. The smallest absolute Gasteiger partial charge is 0.338 e. The zero-order chi connectivity index (χ0) is 18.7. The van der Waals surface area contributed by atoms with Crippen molar-refractivity contribution in [2.45, 2.75) is 20.0 Å². The molecule has 2 N–H and O–H groups in total. The van der Waals surface area contributed by atoms with Gasteiger partial charge in [0.15, 0.2) is 5.82 Å². The highest BCUT2D eigenvalue weighted by Gasteiger charge is 2.33. The third kappa shape index (κ3) is 4.08. The zero-order valence-corrected chi connectivity index (χ0v) is 14.1. The highest BCUT2D eigenvalue weighted by atomic mass is 19.4. The lowest BCUT2D eigenvalue weighted by Crippen LogP contribution is -2.09. The van der Waals surface area contributed by atoms with Crippen LogP contribution in [-0.2, 0) is 6.18 Å². The van der Waals surface area contributed by atoms with Crippen molar-refractivity contribution in [2.75, 3.05) is 10.6 Å². The number of aryl methyl sites for hydroxylation is 2. The SMILES string of the molecule is Cc1ccc(Nc2nncc(Nc3ccccc3C(F)(F)F)n2)cc1C. The van der Waals surface area contributed by atoms with Crippen LogP contribution in [0.15, 0.2) is 48.7 Å². The van der Waals surface area contributed by atoms with E-state index in [1.54, 1.807) is 0 Å². The average molecular weight is 359 g/mol. The van der Waals surface area contributed by atoms with Gasteiger partial charge in [0.1, 0.15) is 0 Å². The number of rotatable bonds is 4. The molecule has 0 unspecified atom stereocenters. The molecule has 0 fully saturated rings. The second-order valence-electron chi connectivity index (χ2n) is 5.76. The van der Waals surface area contributed by atoms with E-state index in [0.29, 0.717) is 0 Å². The van der Waals surface area contributed by atoms with Crippen LogP contribution in [0.4, 0.5) is 36.3 Å². The van der Waals surface area contributed by atoms with E-state index in [1.165, 1.54) is 24.4 Å². The van der Waals surface area contributed by atoms with Crippen LogP contribution < -0.4 is 10.6 Å². The quantitative estimate of drug-likeness (QED) is 0.687. The standard InChI is InChI=1S/C18H16F3N5/c1-11-7-8-13(9-12(11)2)23-17-25-16(10-22-26-17)24-15-6-4-3-5-14(15)18(19,20)21/h3-10H,1-2H3,(H2,23,24,25,26). The van der Waals surface area contributed by atoms with E-state index >= 15 is 0 Å². The molecule has 0 spiro atoms. The molecule has 0 aliphatic heterocycles. The summed E-state index contributed by atoms with van der Waals surface area (Å²) in [5.74, 6) is 0.339. The second-order valence-corrected chi connectivity index (χ2v) is 5.76. The average Bonchev–Trinajstić information content (AvgIpc) is 2.58. The van der Waals surface area contributed by atoms with Crippen LogP contribution >= 0.6 is 0 Å². The fourth-order valence-electron chi connectivity index (χ4n) is 2.34. The number of nitrogens with zero attached hydrogens (tertiary/aromatic N) is 3. The first-order chi connectivity index (χ1) is 12.3. The monoisotopic (exact) mass is 359 g/mol. The summed E-state index contributed by atoms with van der Waals surface area (Å²) >= 11 is 0. The maximum atomic E-state index is 13.1. The topological polar surface area (TPSA) is 62.7 Å². The number of halogens is 3. The van der Waals surface area contributed by atoms with Gasteiger partial charge >= 0.3 is 6.18 Å². The van der Waals surface area contributed by atoms with Gasteiger partial charge in [-0.3, -0.25) is 0 Å². The molecule has 0 amide bonds. The van der Waals surface area contributed by atoms with Crippen molar-refractivity contribution in [2.24, 2.45) is 0 Å². The molecule has 5 nitrogen and oxygen atoms in total. The first kappa shape index (κ1) is 17.7. The molecule has 0 atom stereocenters. The first-order valence-electron chi connectivity index (χ1n) is 7.80. The van der Waals surface area contributed by atoms with Crippen molar-refractivity contribution >= 4 is 23.1 Å². The minimum atomic E-state index is -4.47. The van der Waals surface area contributed by atoms with Crippen LogP contribution in [0.3, 0.4) is 0 Å². The Morgan fingerprint density at radius 2 is 1.69 bits per heavy atom. The van der Waals surface area contributed by atoms with Crippen LogP contribution in [0.25, 0.3) is 0 Å². The molecule has 0 aliphatic carbocycles. The Bertz CT molecular complexity index is 925. The van der Waals surface area contributed by atoms with E-state index in [9.17, 15) is 13.2 Å². The van der Waals surface area contributed by atoms with Gasteiger partial charge in [0.2, 0.25) is 5.95 Å². The van der Waals surface area contributed by atoms with Crippen molar-refractivity contribution in [3.05, 3.63) is 65.4 Å². The minimum Gasteiger partial charge on any atom is -0.338 e. The van der Waals surface area contributed by atoms with Crippen molar-refractivity contribution in [1.29, 1.82) is 0 Å². The molecule has 0 saturated heterocycles. The van der Waals surface area contributed by atoms with E-state index in [4.69, 9.17) is 0 Å². The first-order valence-corrected chi connectivity index (χ1v) is 7.80. The molecule has 0 radical (unpaired) electrons. The number of para-hydroxylation sites is 1. The lowest BCUT2D eigenvalue weighted by molar-refractivity contribution is -0.136. The van der Waals surface area contributed by atoms with E-state index in [0.717, 1.165) is 22.9 Å². The summed E-state index contributed by atoms with van der Waals surface area (Å²) in [5.41, 5.74) is 2.13. The Hall–Kier alpha value is -3.16. The van der Waals surface area contributed by atoms with Crippen molar-refractivity contribution in [3.63, 3.8) is 0 Å². The molecular weight excluding hydrogens is 343 g/mol. The van der Waals surface area contributed by atoms with Gasteiger partial charge in [-0.2, -0.15) is 23.3 Å². The Morgan fingerprint density at radius 1 is 0.923 bits per heavy atom. The fraction of sp³-hybridized carbons (Fsp3) is 0.167. The summed E-state index contributed by atoms with van der Waals surface area (Å²) in [5, 5.41) is 13.3. The van der Waals surface area contributed by atoms with Crippen molar-refractivity contribution < 1.29 is 13.2 Å². The number of nitrogens with one attached hydrogen (secondary N) is 2. The Balaban J connectivity index is 1.83. The van der Waals surface area contributed by atoms with Gasteiger partial charge in [0.05, 0.1) is 17.4 Å². The van der Waals surface area contributed by atoms with Gasteiger partial charge in [-0.05, 0) is 49.2 Å². The number of aromatic nitrogens is 3. The van der Waals surface area contributed by atoms with E-state index in [-0.39, 0.29) is 17.5 Å². The van der Waals surface area contributed by atoms with E-state index in [1.807, 2.05) is 32.0 Å². The third-order valence-electron chi connectivity index (χ3n) is 3.82. The highest BCUT2D eigenvalue weighted by molar-refractivity contribution is 5.62. The highest BCUT2D eigenvalue weighted by Crippen LogP contribution is 2.35. The number of anilines is 4. The maximum Gasteiger partial charge on any atom is 0.418 e. The summed E-state index contributed by atoms with van der Waals surface area (Å²) in [6.45, 7) is 3.98. The lowest BCUT2D eigenvalue weighted by atomic mass is 10.1. The molecule has 26 heavy (non-hydrogen) atoms. The summed E-state index contributed by atoms with van der Waals surface area (Å²) in [6, 6.07) is 10.9. The molecule has 8 heteroatoms. The van der Waals surface area contributed by atoms with Crippen molar-refractivity contribution in [3.8, 4) is 0 Å². The Labute approximate surface area is 148 Å². The molecule has 2 aromatic carbocycles. The number of hydrogen-bond donors (Lipinski definition) is 2. The van der Waals surface area contributed by atoms with Gasteiger partial charge in [-0.15, -0.1) is 5.10 Å². The molecule has 0 bridgehead atoms. The minimum absolute atomic E-state index is 0.0994. The predicted molar refractivity (Wildman–Crippen MR) is 93.8 cm³/mol. The molecule has 1 aromatic heterocycles. The maximum absolute atomic E-state index is 13.1. The van der Waals surface area contributed by atoms with Gasteiger partial charge in [0.25, 0.3) is 0 Å². The Kier molecular flexibility index (Phi) is 4.75. The number of alkyl halides is 3. The van der Waals surface area contributed by atoms with Crippen molar-refractivity contribution in [1.82, 2.24) is 15.2 Å². The summed E-state index contributed by atoms with van der Waals surface area (Å²) < 4.78 is 39.3. The summed E-state index contributed by atoms with van der Waals surface area (Å²) in [7, 11) is 0. The molecule has 134 valence electrons. The van der Waals surface area contributed by atoms with E-state index in [2.05, 4.69) is 25.8 Å². The molecule has 3 aromatic rings. The molecule has 3 rings (SSSR count). The van der Waals surface area contributed by atoms with Gasteiger partial charge in [-0.1, -0.05) is 18.2 Å². The van der Waals surface area contributed by atoms with Crippen LogP contribution in [-0.4, -0.2) is 15.2 Å². The van der Waals surface area contributed by atoms with Crippen LogP contribution in [0.1, 0.15) is 16.7 Å². The largest absolute Gasteiger partial charge is 0.418 e. The molecule has 0 aliphatic rings. The van der Waals surface area contributed by atoms with Crippen LogP contribution in [0.5, 0.6) is 0 Å². The summed E-state index contributed by atoms with van der Waals surface area (Å²) in [6.07, 6.45) is -3.21. The van der Waals surface area contributed by atoms with Crippen LogP contribution in [0, 0.1) is 13.8 Å². The third-order valence-corrected chi connectivity index (χ3v) is 3.82. The molecule has 1 heterocycles. The lowest BCUT2D eigenvalue weighted by Gasteiger charge is -2.14. The fourth-order valence-corrected chi connectivity index (χ4v) is 2.34. The summed E-state index contributed by atoms with van der Waals surface area (Å²) in [4.78, 5) is 4.18. The zero-order valence-electron chi connectivity index (χ0n) is 14.1. The normalized spacial score (nSPS) is 11.3. The molecular formula is C18H16F3N5. The number of hydrogen-bond acceptors (Lipinski definition) is 5. The van der Waals surface area contributed by atoms with Gasteiger partial charge < -0.3 is 10.6 Å².